The van der Waals surface area contributed by atoms with Crippen LogP contribution in [0.3, 0.4) is 0 Å². The van der Waals surface area contributed by atoms with Crippen LogP contribution in [0, 0.1) is 5.82 Å². The molecule has 0 bridgehead atoms. The van der Waals surface area contributed by atoms with Gasteiger partial charge in [0.25, 0.3) is 11.8 Å². The molecule has 0 unspecified atom stereocenters. The van der Waals surface area contributed by atoms with Gasteiger partial charge in [-0.05, 0) is 59.5 Å². The molecule has 5 aromatic rings. The molecule has 8 nitrogen and oxygen atoms in total. The summed E-state index contributed by atoms with van der Waals surface area (Å²) in [4.78, 5) is 39.4. The normalized spacial score (nSPS) is 10.6. The van der Waals surface area contributed by atoms with Gasteiger partial charge >= 0.3 is 0 Å². The van der Waals surface area contributed by atoms with Crippen LogP contribution in [0.4, 0.5) is 10.1 Å². The first kappa shape index (κ1) is 28.1. The summed E-state index contributed by atoms with van der Waals surface area (Å²) < 4.78 is 13.6. The predicted molar refractivity (Wildman–Crippen MR) is 159 cm³/mol. The summed E-state index contributed by atoms with van der Waals surface area (Å²) in [5.74, 6) is -1.01. The number of para-hydroxylation sites is 1. The Labute approximate surface area is 243 Å². The average Bonchev–Trinajstić information content (AvgIpc) is 3.03. The maximum absolute atomic E-state index is 13.6. The second-order valence-electron chi connectivity index (χ2n) is 9.56. The van der Waals surface area contributed by atoms with Crippen molar-refractivity contribution in [2.75, 3.05) is 11.9 Å². The summed E-state index contributed by atoms with van der Waals surface area (Å²) >= 11 is 0. The Hall–Kier alpha value is -5.44. The molecule has 0 aliphatic rings. The van der Waals surface area contributed by atoms with Gasteiger partial charge in [-0.15, -0.1) is 0 Å². The molecule has 5 rings (SSSR count). The van der Waals surface area contributed by atoms with Crippen molar-refractivity contribution in [3.05, 3.63) is 143 Å². The highest BCUT2D eigenvalue weighted by molar-refractivity contribution is 6.04. The quantitative estimate of drug-likeness (QED) is 0.205. The number of rotatable bonds is 11. The van der Waals surface area contributed by atoms with Gasteiger partial charge < -0.3 is 16.0 Å². The standard InChI is InChI=1S/C33H29FN6O2/c34-27-9-3-6-23(16-27)12-15-37-30-11-2-1-10-28(30)31-29(33(42)40-21-25-8-5-14-36-19-25)17-26(22-38-31)32(41)39-20-24-7-4-13-35-18-24/h1-11,13-14,16-19,22,37H,12,15,20-21H2,(H,39,41)(H,40,42). The van der Waals surface area contributed by atoms with Gasteiger partial charge in [-0.2, -0.15) is 0 Å². The minimum atomic E-state index is -0.377. The van der Waals surface area contributed by atoms with Gasteiger partial charge in [0.2, 0.25) is 0 Å². The van der Waals surface area contributed by atoms with Crippen LogP contribution in [-0.2, 0) is 19.5 Å². The van der Waals surface area contributed by atoms with E-state index < -0.39 is 0 Å². The van der Waals surface area contributed by atoms with Crippen molar-refractivity contribution in [3.63, 3.8) is 0 Å². The predicted octanol–water partition coefficient (Wildman–Crippen LogP) is 5.19. The van der Waals surface area contributed by atoms with E-state index in [-0.39, 0.29) is 41.8 Å². The van der Waals surface area contributed by atoms with Crippen LogP contribution in [0.1, 0.15) is 37.4 Å². The molecular weight excluding hydrogens is 531 g/mol. The zero-order valence-electron chi connectivity index (χ0n) is 22.8. The van der Waals surface area contributed by atoms with Crippen LogP contribution in [-0.4, -0.2) is 33.3 Å². The first-order valence-corrected chi connectivity index (χ1v) is 13.5. The van der Waals surface area contributed by atoms with Crippen molar-refractivity contribution < 1.29 is 14.0 Å². The number of nitrogens with zero attached hydrogens (tertiary/aromatic N) is 3. The fraction of sp³-hybridized carbons (Fsp3) is 0.121. The lowest BCUT2D eigenvalue weighted by molar-refractivity contribution is 0.0950. The zero-order chi connectivity index (χ0) is 29.1. The van der Waals surface area contributed by atoms with Crippen molar-refractivity contribution in [2.24, 2.45) is 0 Å². The molecule has 0 saturated heterocycles. The van der Waals surface area contributed by atoms with Gasteiger partial charge in [0.15, 0.2) is 0 Å². The van der Waals surface area contributed by atoms with E-state index in [1.54, 1.807) is 49.1 Å². The van der Waals surface area contributed by atoms with Gasteiger partial charge in [0.05, 0.1) is 16.8 Å². The molecule has 0 saturated carbocycles. The largest absolute Gasteiger partial charge is 0.384 e. The Morgan fingerprint density at radius 2 is 1.40 bits per heavy atom. The summed E-state index contributed by atoms with van der Waals surface area (Å²) in [6.07, 6.45) is 8.76. The van der Waals surface area contributed by atoms with Crippen molar-refractivity contribution >= 4 is 17.5 Å². The number of anilines is 1. The summed E-state index contributed by atoms with van der Waals surface area (Å²) in [5.41, 5.74) is 4.96. The molecule has 9 heteroatoms. The highest BCUT2D eigenvalue weighted by Crippen LogP contribution is 2.30. The van der Waals surface area contributed by atoms with Crippen LogP contribution >= 0.6 is 0 Å². The number of halogens is 1. The van der Waals surface area contributed by atoms with Crippen molar-refractivity contribution in [3.8, 4) is 11.3 Å². The van der Waals surface area contributed by atoms with E-state index >= 15 is 0 Å². The third-order valence-electron chi connectivity index (χ3n) is 6.55. The summed E-state index contributed by atoms with van der Waals surface area (Å²) in [6, 6.07) is 22.9. The molecule has 3 heterocycles. The van der Waals surface area contributed by atoms with E-state index in [9.17, 15) is 14.0 Å². The van der Waals surface area contributed by atoms with Gasteiger partial charge in [-0.25, -0.2) is 4.39 Å². The molecule has 0 atom stereocenters. The van der Waals surface area contributed by atoms with Gasteiger partial charge in [-0.1, -0.05) is 42.5 Å². The number of nitrogens with one attached hydrogen (secondary N) is 3. The second kappa shape index (κ2) is 13.8. The minimum absolute atomic E-state index is 0.255. The summed E-state index contributed by atoms with van der Waals surface area (Å²) in [5, 5.41) is 9.18. The molecule has 210 valence electrons. The van der Waals surface area contributed by atoms with Gasteiger partial charge in [-0.3, -0.25) is 24.5 Å². The Morgan fingerprint density at radius 1 is 0.714 bits per heavy atom. The number of hydrogen-bond acceptors (Lipinski definition) is 6. The van der Waals surface area contributed by atoms with E-state index in [0.717, 1.165) is 22.4 Å². The van der Waals surface area contributed by atoms with E-state index in [0.29, 0.717) is 24.2 Å². The molecule has 0 spiro atoms. The van der Waals surface area contributed by atoms with E-state index in [2.05, 4.69) is 30.9 Å². The molecule has 3 aromatic heterocycles. The van der Waals surface area contributed by atoms with Crippen LogP contribution in [0.2, 0.25) is 0 Å². The molecule has 0 aliphatic carbocycles. The second-order valence-corrected chi connectivity index (χ2v) is 9.56. The molecule has 2 aromatic carbocycles. The van der Waals surface area contributed by atoms with Gasteiger partial charge in [0.1, 0.15) is 5.82 Å². The highest BCUT2D eigenvalue weighted by atomic mass is 19.1. The van der Waals surface area contributed by atoms with Gasteiger partial charge in [0, 0.05) is 61.9 Å². The van der Waals surface area contributed by atoms with Crippen LogP contribution < -0.4 is 16.0 Å². The van der Waals surface area contributed by atoms with Crippen molar-refractivity contribution in [2.45, 2.75) is 19.5 Å². The minimum Gasteiger partial charge on any atom is -0.384 e. The third kappa shape index (κ3) is 7.39. The smallest absolute Gasteiger partial charge is 0.253 e. The van der Waals surface area contributed by atoms with Crippen LogP contribution in [0.5, 0.6) is 0 Å². The molecule has 3 N–H and O–H groups in total. The van der Waals surface area contributed by atoms with Crippen LogP contribution in [0.25, 0.3) is 11.3 Å². The van der Waals surface area contributed by atoms with Crippen molar-refractivity contribution in [1.82, 2.24) is 25.6 Å². The van der Waals surface area contributed by atoms with E-state index in [1.807, 2.05) is 42.5 Å². The number of aromatic nitrogens is 3. The molecular formula is C33H29FN6O2. The fourth-order valence-corrected chi connectivity index (χ4v) is 4.42. The lowest BCUT2D eigenvalue weighted by Crippen LogP contribution is -2.26. The topological polar surface area (TPSA) is 109 Å². The number of carbonyl (C=O) groups excluding carboxylic acids is 2. The van der Waals surface area contributed by atoms with Crippen molar-refractivity contribution in [1.29, 1.82) is 0 Å². The van der Waals surface area contributed by atoms with E-state index in [4.69, 9.17) is 0 Å². The Morgan fingerprint density at radius 3 is 2.10 bits per heavy atom. The highest BCUT2D eigenvalue weighted by Gasteiger charge is 2.20. The number of carbonyl (C=O) groups is 2. The Bertz CT molecular complexity index is 1660. The molecule has 42 heavy (non-hydrogen) atoms. The number of hydrogen-bond donors (Lipinski definition) is 3. The molecule has 0 radical (unpaired) electrons. The monoisotopic (exact) mass is 560 g/mol. The molecule has 2 amide bonds. The maximum atomic E-state index is 13.6. The first-order valence-electron chi connectivity index (χ1n) is 13.5. The summed E-state index contributed by atoms with van der Waals surface area (Å²) in [7, 11) is 0. The lowest BCUT2D eigenvalue weighted by Gasteiger charge is -2.16. The summed E-state index contributed by atoms with van der Waals surface area (Å²) in [6.45, 7) is 1.09. The fourth-order valence-electron chi connectivity index (χ4n) is 4.42. The molecule has 0 aliphatic heterocycles. The maximum Gasteiger partial charge on any atom is 0.253 e. The Kier molecular flexibility index (Phi) is 9.21. The third-order valence-corrected chi connectivity index (χ3v) is 6.55. The van der Waals surface area contributed by atoms with E-state index in [1.165, 1.54) is 18.3 Å². The first-order chi connectivity index (χ1) is 20.6. The SMILES string of the molecule is O=C(NCc1cccnc1)c1cnc(-c2ccccc2NCCc2cccc(F)c2)c(C(=O)NCc2cccnc2)c1. The Balaban J connectivity index is 1.40. The lowest BCUT2D eigenvalue weighted by atomic mass is 10.0. The molecule has 0 fully saturated rings. The average molecular weight is 561 g/mol. The number of benzene rings is 2. The number of pyridine rings is 3. The number of amides is 2. The van der Waals surface area contributed by atoms with Crippen LogP contribution in [0.15, 0.2) is 110 Å². The zero-order valence-corrected chi connectivity index (χ0v) is 22.8.